The van der Waals surface area contributed by atoms with Crippen LogP contribution in [0.5, 0.6) is 0 Å². The molecule has 0 aliphatic heterocycles. The Morgan fingerprint density at radius 3 is 2.40 bits per heavy atom. The van der Waals surface area contributed by atoms with E-state index in [1.54, 1.807) is 19.0 Å². The van der Waals surface area contributed by atoms with Crippen LogP contribution in [0.1, 0.15) is 46.0 Å². The molecule has 2 unspecified atom stereocenters. The van der Waals surface area contributed by atoms with Gasteiger partial charge in [0.1, 0.15) is 0 Å². The number of nitrogens with zero attached hydrogens (tertiary/aromatic N) is 1. The van der Waals surface area contributed by atoms with Crippen LogP contribution >= 0.6 is 0 Å². The summed E-state index contributed by atoms with van der Waals surface area (Å²) in [4.78, 5) is 25.2. The highest BCUT2D eigenvalue weighted by Crippen LogP contribution is 2.17. The van der Waals surface area contributed by atoms with Gasteiger partial charge in [0, 0.05) is 27.1 Å². The molecule has 5 heteroatoms. The van der Waals surface area contributed by atoms with Gasteiger partial charge in [0.25, 0.3) is 0 Å². The van der Waals surface area contributed by atoms with Crippen LogP contribution in [0.3, 0.4) is 0 Å². The summed E-state index contributed by atoms with van der Waals surface area (Å²) in [5.74, 6) is 0.443. The lowest BCUT2D eigenvalue weighted by molar-refractivity contribution is -0.132. The molecule has 0 aromatic heterocycles. The molecule has 0 saturated heterocycles. The number of carbonyl (C=O) groups excluding carboxylic acids is 2. The molecule has 0 fully saturated rings. The van der Waals surface area contributed by atoms with Crippen LogP contribution in [0.15, 0.2) is 0 Å². The molecule has 2 atom stereocenters. The molecule has 0 spiro atoms. The van der Waals surface area contributed by atoms with E-state index in [0.29, 0.717) is 25.4 Å². The Hall–Kier alpha value is -1.10. The van der Waals surface area contributed by atoms with Crippen LogP contribution in [0.25, 0.3) is 0 Å². The van der Waals surface area contributed by atoms with E-state index < -0.39 is 0 Å². The van der Waals surface area contributed by atoms with E-state index in [2.05, 4.69) is 12.2 Å². The lowest BCUT2D eigenvalue weighted by atomic mass is 9.94. The fourth-order valence-electron chi connectivity index (χ4n) is 2.44. The molecule has 0 saturated carbocycles. The predicted octanol–water partition coefficient (Wildman–Crippen LogP) is 1.37. The maximum atomic E-state index is 12.1. The molecule has 5 nitrogen and oxygen atoms in total. The van der Waals surface area contributed by atoms with Gasteiger partial charge in [-0.1, -0.05) is 26.7 Å². The summed E-state index contributed by atoms with van der Waals surface area (Å²) in [5, 5.41) is 2.60. The first-order chi connectivity index (χ1) is 9.46. The average molecular weight is 285 g/mol. The number of amides is 2. The van der Waals surface area contributed by atoms with Gasteiger partial charge in [-0.3, -0.25) is 9.59 Å². The molecular weight excluding hydrogens is 254 g/mol. The maximum absolute atomic E-state index is 12.1. The highest BCUT2D eigenvalue weighted by atomic mass is 16.2. The van der Waals surface area contributed by atoms with Gasteiger partial charge in [-0.05, 0) is 25.3 Å². The second-order valence-electron chi connectivity index (χ2n) is 5.56. The normalized spacial score (nSPS) is 13.7. The Morgan fingerprint density at radius 2 is 1.90 bits per heavy atom. The number of hydrogen-bond donors (Lipinski definition) is 2. The predicted molar refractivity (Wildman–Crippen MR) is 82.2 cm³/mol. The Balaban J connectivity index is 4.14. The van der Waals surface area contributed by atoms with Crippen molar-refractivity contribution in [2.24, 2.45) is 17.6 Å². The lowest BCUT2D eigenvalue weighted by Gasteiger charge is -2.22. The van der Waals surface area contributed by atoms with Gasteiger partial charge < -0.3 is 16.0 Å². The van der Waals surface area contributed by atoms with Gasteiger partial charge >= 0.3 is 0 Å². The second kappa shape index (κ2) is 10.7. The van der Waals surface area contributed by atoms with Crippen LogP contribution in [0.4, 0.5) is 0 Å². The first kappa shape index (κ1) is 18.9. The fourth-order valence-corrected chi connectivity index (χ4v) is 2.44. The minimum absolute atomic E-state index is 0.0309. The van der Waals surface area contributed by atoms with E-state index in [0.717, 1.165) is 25.7 Å². The van der Waals surface area contributed by atoms with Crippen molar-refractivity contribution in [3.63, 3.8) is 0 Å². The van der Waals surface area contributed by atoms with Gasteiger partial charge in [0.2, 0.25) is 11.8 Å². The van der Waals surface area contributed by atoms with Crippen LogP contribution < -0.4 is 11.1 Å². The zero-order chi connectivity index (χ0) is 15.5. The molecule has 0 rings (SSSR count). The van der Waals surface area contributed by atoms with Gasteiger partial charge in [0.15, 0.2) is 0 Å². The summed E-state index contributed by atoms with van der Waals surface area (Å²) >= 11 is 0. The lowest BCUT2D eigenvalue weighted by Crippen LogP contribution is -2.37. The van der Waals surface area contributed by atoms with Crippen molar-refractivity contribution in [1.82, 2.24) is 10.2 Å². The van der Waals surface area contributed by atoms with Crippen LogP contribution in [0.2, 0.25) is 0 Å². The summed E-state index contributed by atoms with van der Waals surface area (Å²) in [6.45, 7) is 5.13. The quantitative estimate of drug-likeness (QED) is 0.636. The molecule has 118 valence electrons. The van der Waals surface area contributed by atoms with Crippen molar-refractivity contribution in [3.8, 4) is 0 Å². The number of carbonyl (C=O) groups is 2. The number of nitrogens with two attached hydrogens (primary N) is 1. The van der Waals surface area contributed by atoms with E-state index in [-0.39, 0.29) is 17.7 Å². The summed E-state index contributed by atoms with van der Waals surface area (Å²) in [7, 11) is 3.38. The zero-order valence-electron chi connectivity index (χ0n) is 13.4. The largest absolute Gasteiger partial charge is 0.359 e. The van der Waals surface area contributed by atoms with Gasteiger partial charge in [-0.25, -0.2) is 0 Å². The second-order valence-corrected chi connectivity index (χ2v) is 5.56. The van der Waals surface area contributed by atoms with E-state index >= 15 is 0 Å². The molecule has 0 aliphatic carbocycles. The standard InChI is InChI=1S/C15H31N3O2/c1-5-6-13(9-10-16)7-8-14(19)18(4)11-12(2)15(20)17-3/h12-13H,5-11,16H2,1-4H3,(H,17,20). The van der Waals surface area contributed by atoms with Crippen molar-refractivity contribution in [2.75, 3.05) is 27.2 Å². The molecule has 3 N–H and O–H groups in total. The molecule has 0 heterocycles. The Kier molecular flexibility index (Phi) is 10.1. The number of rotatable bonds is 10. The molecule has 0 aromatic rings. The molecule has 0 radical (unpaired) electrons. The van der Waals surface area contributed by atoms with E-state index in [4.69, 9.17) is 5.73 Å². The van der Waals surface area contributed by atoms with E-state index in [1.165, 1.54) is 0 Å². The van der Waals surface area contributed by atoms with Gasteiger partial charge in [-0.2, -0.15) is 0 Å². The van der Waals surface area contributed by atoms with Crippen LogP contribution in [0, 0.1) is 11.8 Å². The first-order valence-electron chi connectivity index (χ1n) is 7.61. The Morgan fingerprint density at radius 1 is 1.25 bits per heavy atom. The summed E-state index contributed by atoms with van der Waals surface area (Å²) in [6, 6.07) is 0. The fraction of sp³-hybridized carbons (Fsp3) is 0.867. The molecule has 0 aliphatic rings. The highest BCUT2D eigenvalue weighted by molar-refractivity contribution is 5.80. The molecular formula is C15H31N3O2. The average Bonchev–Trinajstić information content (AvgIpc) is 2.43. The van der Waals surface area contributed by atoms with Crippen molar-refractivity contribution in [1.29, 1.82) is 0 Å². The zero-order valence-corrected chi connectivity index (χ0v) is 13.4. The maximum Gasteiger partial charge on any atom is 0.224 e. The van der Waals surface area contributed by atoms with Crippen molar-refractivity contribution < 1.29 is 9.59 Å². The SMILES string of the molecule is CCCC(CCN)CCC(=O)N(C)CC(C)C(=O)NC. The Labute approximate surface area is 123 Å². The minimum atomic E-state index is -0.176. The topological polar surface area (TPSA) is 75.4 Å². The summed E-state index contributed by atoms with van der Waals surface area (Å²) in [5.41, 5.74) is 5.60. The van der Waals surface area contributed by atoms with E-state index in [9.17, 15) is 9.59 Å². The van der Waals surface area contributed by atoms with Crippen LogP contribution in [-0.4, -0.2) is 43.9 Å². The van der Waals surface area contributed by atoms with Crippen LogP contribution in [-0.2, 0) is 9.59 Å². The number of nitrogens with one attached hydrogen (secondary N) is 1. The third-order valence-electron chi connectivity index (χ3n) is 3.71. The van der Waals surface area contributed by atoms with Gasteiger partial charge in [-0.15, -0.1) is 0 Å². The monoisotopic (exact) mass is 285 g/mol. The molecule has 0 aromatic carbocycles. The molecule has 0 bridgehead atoms. The summed E-state index contributed by atoms with van der Waals surface area (Å²) in [6.07, 6.45) is 4.68. The highest BCUT2D eigenvalue weighted by Gasteiger charge is 2.18. The third kappa shape index (κ3) is 7.48. The molecule has 2 amide bonds. The molecule has 20 heavy (non-hydrogen) atoms. The number of hydrogen-bond acceptors (Lipinski definition) is 3. The Bertz CT molecular complexity index is 289. The minimum Gasteiger partial charge on any atom is -0.359 e. The van der Waals surface area contributed by atoms with E-state index in [1.807, 2.05) is 6.92 Å². The van der Waals surface area contributed by atoms with Crippen molar-refractivity contribution in [2.45, 2.75) is 46.0 Å². The third-order valence-corrected chi connectivity index (χ3v) is 3.71. The van der Waals surface area contributed by atoms with Crippen molar-refractivity contribution >= 4 is 11.8 Å². The van der Waals surface area contributed by atoms with Gasteiger partial charge in [0.05, 0.1) is 5.92 Å². The summed E-state index contributed by atoms with van der Waals surface area (Å²) < 4.78 is 0. The van der Waals surface area contributed by atoms with Crippen molar-refractivity contribution in [3.05, 3.63) is 0 Å². The first-order valence-corrected chi connectivity index (χ1v) is 7.61. The smallest absolute Gasteiger partial charge is 0.224 e.